The van der Waals surface area contributed by atoms with Gasteiger partial charge in [-0.25, -0.2) is 13.2 Å². The topological polar surface area (TPSA) is 106 Å². The molecular formula is C14H17N5O3S. The van der Waals surface area contributed by atoms with E-state index in [4.69, 9.17) is 0 Å². The van der Waals surface area contributed by atoms with Crippen molar-refractivity contribution in [2.24, 2.45) is 0 Å². The second-order valence-electron chi connectivity index (χ2n) is 5.38. The number of urea groups is 1. The van der Waals surface area contributed by atoms with Crippen LogP contribution >= 0.6 is 0 Å². The van der Waals surface area contributed by atoms with E-state index in [1.807, 2.05) is 30.3 Å². The van der Waals surface area contributed by atoms with Crippen LogP contribution in [0.2, 0.25) is 0 Å². The zero-order valence-electron chi connectivity index (χ0n) is 12.3. The highest BCUT2D eigenvalue weighted by Crippen LogP contribution is 2.11. The first kappa shape index (κ1) is 15.5. The van der Waals surface area contributed by atoms with Gasteiger partial charge in [-0.1, -0.05) is 18.2 Å². The summed E-state index contributed by atoms with van der Waals surface area (Å²) in [6.45, 7) is 0.195. The van der Waals surface area contributed by atoms with Crippen molar-refractivity contribution in [1.82, 2.24) is 25.4 Å². The number of amides is 2. The average molecular weight is 335 g/mol. The molecule has 2 amide bonds. The lowest BCUT2D eigenvalue weighted by atomic mass is 10.3. The number of para-hydroxylation sites is 1. The van der Waals surface area contributed by atoms with E-state index in [0.717, 1.165) is 5.69 Å². The minimum Gasteiger partial charge on any atom is -0.334 e. The van der Waals surface area contributed by atoms with E-state index in [-0.39, 0.29) is 24.1 Å². The lowest BCUT2D eigenvalue weighted by molar-refractivity contribution is 0.237. The summed E-state index contributed by atoms with van der Waals surface area (Å²) in [4.78, 5) is 11.9. The minimum absolute atomic E-state index is 0.000613. The second kappa shape index (κ2) is 6.37. The molecule has 2 heterocycles. The maximum atomic E-state index is 11.9. The van der Waals surface area contributed by atoms with Crippen molar-refractivity contribution < 1.29 is 13.2 Å². The molecule has 1 aliphatic heterocycles. The highest BCUT2D eigenvalue weighted by atomic mass is 32.2. The van der Waals surface area contributed by atoms with Gasteiger partial charge in [0.15, 0.2) is 15.7 Å². The lowest BCUT2D eigenvalue weighted by Gasteiger charge is -2.12. The Bertz CT molecular complexity index is 788. The standard InChI is InChI=1S/C14H17N5O3S/c20-14(17-11-6-7-23(21,22)9-11)15-8-13-18-16-10-19(13)12-4-2-1-3-5-12/h1-5,10-11H,6-9H2,(H2,15,17,20)/t11-/m0/s1. The predicted molar refractivity (Wildman–Crippen MR) is 83.8 cm³/mol. The molecule has 0 bridgehead atoms. The molecule has 0 spiro atoms. The molecule has 0 unspecified atom stereocenters. The highest BCUT2D eigenvalue weighted by molar-refractivity contribution is 7.91. The number of nitrogens with zero attached hydrogens (tertiary/aromatic N) is 3. The van der Waals surface area contributed by atoms with Crippen LogP contribution in [0.15, 0.2) is 36.7 Å². The van der Waals surface area contributed by atoms with Gasteiger partial charge in [0.05, 0.1) is 18.1 Å². The van der Waals surface area contributed by atoms with E-state index in [1.54, 1.807) is 10.9 Å². The largest absolute Gasteiger partial charge is 0.334 e. The van der Waals surface area contributed by atoms with Crippen molar-refractivity contribution in [2.45, 2.75) is 19.0 Å². The molecule has 0 radical (unpaired) electrons. The Kier molecular flexibility index (Phi) is 4.28. The molecule has 8 nitrogen and oxygen atoms in total. The van der Waals surface area contributed by atoms with Gasteiger partial charge in [-0.3, -0.25) is 4.57 Å². The molecule has 3 rings (SSSR count). The van der Waals surface area contributed by atoms with Gasteiger partial charge in [0, 0.05) is 11.7 Å². The van der Waals surface area contributed by atoms with Crippen molar-refractivity contribution >= 4 is 15.9 Å². The molecule has 9 heteroatoms. The number of sulfone groups is 1. The predicted octanol–water partition coefficient (Wildman–Crippen LogP) is 0.254. The Morgan fingerprint density at radius 1 is 1.30 bits per heavy atom. The molecular weight excluding hydrogens is 318 g/mol. The van der Waals surface area contributed by atoms with Gasteiger partial charge in [0.25, 0.3) is 0 Å². The molecule has 1 aromatic carbocycles. The van der Waals surface area contributed by atoms with Gasteiger partial charge < -0.3 is 10.6 Å². The number of hydrogen-bond acceptors (Lipinski definition) is 5. The molecule has 23 heavy (non-hydrogen) atoms. The van der Waals surface area contributed by atoms with Gasteiger partial charge in [-0.2, -0.15) is 0 Å². The molecule has 1 atom stereocenters. The summed E-state index contributed by atoms with van der Waals surface area (Å²) in [7, 11) is -3.01. The highest BCUT2D eigenvalue weighted by Gasteiger charge is 2.28. The van der Waals surface area contributed by atoms with Crippen LogP contribution in [0.4, 0.5) is 4.79 Å². The fraction of sp³-hybridized carbons (Fsp3) is 0.357. The third-order valence-corrected chi connectivity index (χ3v) is 5.40. The number of benzene rings is 1. The smallest absolute Gasteiger partial charge is 0.315 e. The maximum Gasteiger partial charge on any atom is 0.315 e. The van der Waals surface area contributed by atoms with E-state index in [1.165, 1.54) is 0 Å². The Morgan fingerprint density at radius 2 is 2.09 bits per heavy atom. The molecule has 1 fully saturated rings. The van der Waals surface area contributed by atoms with E-state index in [9.17, 15) is 13.2 Å². The number of carbonyl (C=O) groups is 1. The van der Waals surface area contributed by atoms with Gasteiger partial charge >= 0.3 is 6.03 Å². The summed E-state index contributed by atoms with van der Waals surface area (Å²) in [5, 5.41) is 13.2. The van der Waals surface area contributed by atoms with E-state index < -0.39 is 15.9 Å². The summed E-state index contributed by atoms with van der Waals surface area (Å²) in [6, 6.07) is 8.81. The maximum absolute atomic E-state index is 11.9. The Morgan fingerprint density at radius 3 is 2.78 bits per heavy atom. The number of nitrogens with one attached hydrogen (secondary N) is 2. The first-order valence-corrected chi connectivity index (χ1v) is 9.05. The molecule has 0 saturated carbocycles. The SMILES string of the molecule is O=C(NCc1nncn1-c1ccccc1)N[C@H]1CCS(=O)(=O)C1. The van der Waals surface area contributed by atoms with Gasteiger partial charge in [-0.15, -0.1) is 10.2 Å². The summed E-state index contributed by atoms with van der Waals surface area (Å²) >= 11 is 0. The van der Waals surface area contributed by atoms with Crippen molar-refractivity contribution in [1.29, 1.82) is 0 Å². The first-order valence-electron chi connectivity index (χ1n) is 7.22. The molecule has 2 N–H and O–H groups in total. The number of aromatic nitrogens is 3. The Balaban J connectivity index is 1.57. The van der Waals surface area contributed by atoms with Crippen LogP contribution in [-0.4, -0.2) is 46.8 Å². The molecule has 2 aromatic rings. The normalized spacial score (nSPS) is 19.4. The number of carbonyl (C=O) groups excluding carboxylic acids is 1. The Hall–Kier alpha value is -2.42. The minimum atomic E-state index is -3.01. The molecule has 1 aromatic heterocycles. The zero-order valence-corrected chi connectivity index (χ0v) is 13.2. The van der Waals surface area contributed by atoms with Crippen molar-refractivity contribution in [3.8, 4) is 5.69 Å². The molecule has 1 aliphatic rings. The summed E-state index contributed by atoms with van der Waals surface area (Å²) < 4.78 is 24.5. The molecule has 0 aliphatic carbocycles. The second-order valence-corrected chi connectivity index (χ2v) is 7.61. The van der Waals surface area contributed by atoms with Crippen LogP contribution < -0.4 is 10.6 Å². The fourth-order valence-corrected chi connectivity index (χ4v) is 4.16. The van der Waals surface area contributed by atoms with E-state index in [0.29, 0.717) is 12.2 Å². The first-order chi connectivity index (χ1) is 11.0. The van der Waals surface area contributed by atoms with Crippen molar-refractivity contribution in [3.05, 3.63) is 42.5 Å². The summed E-state index contributed by atoms with van der Waals surface area (Å²) in [5.41, 5.74) is 0.900. The fourth-order valence-electron chi connectivity index (χ4n) is 2.49. The van der Waals surface area contributed by atoms with Gasteiger partial charge in [0.1, 0.15) is 6.33 Å². The van der Waals surface area contributed by atoms with Crippen LogP contribution in [0.25, 0.3) is 5.69 Å². The summed E-state index contributed by atoms with van der Waals surface area (Å²) in [5.74, 6) is 0.714. The quantitative estimate of drug-likeness (QED) is 0.833. The van der Waals surface area contributed by atoms with Gasteiger partial charge in [0.2, 0.25) is 0 Å². The third-order valence-electron chi connectivity index (χ3n) is 3.63. The summed E-state index contributed by atoms with van der Waals surface area (Å²) in [6.07, 6.45) is 2.03. The molecule has 1 saturated heterocycles. The van der Waals surface area contributed by atoms with E-state index in [2.05, 4.69) is 20.8 Å². The van der Waals surface area contributed by atoms with Crippen molar-refractivity contribution in [3.63, 3.8) is 0 Å². The van der Waals surface area contributed by atoms with Crippen LogP contribution in [0.5, 0.6) is 0 Å². The van der Waals surface area contributed by atoms with Crippen LogP contribution in [-0.2, 0) is 16.4 Å². The zero-order chi connectivity index (χ0) is 16.3. The Labute approximate surface area is 133 Å². The number of hydrogen-bond donors (Lipinski definition) is 2. The molecule has 122 valence electrons. The van der Waals surface area contributed by atoms with Gasteiger partial charge in [-0.05, 0) is 18.6 Å². The van der Waals surface area contributed by atoms with Crippen LogP contribution in [0.1, 0.15) is 12.2 Å². The van der Waals surface area contributed by atoms with Crippen molar-refractivity contribution in [2.75, 3.05) is 11.5 Å². The monoisotopic (exact) mass is 335 g/mol. The average Bonchev–Trinajstić information content (AvgIpc) is 3.12. The van der Waals surface area contributed by atoms with Crippen LogP contribution in [0, 0.1) is 0 Å². The number of rotatable bonds is 4. The van der Waals surface area contributed by atoms with Crippen LogP contribution in [0.3, 0.4) is 0 Å². The third kappa shape index (κ3) is 3.86. The lowest BCUT2D eigenvalue weighted by Crippen LogP contribution is -2.42. The van der Waals surface area contributed by atoms with E-state index >= 15 is 0 Å².